The maximum atomic E-state index is 11.0. The molecule has 1 aromatic rings. The number of carbonyl (C=O) groups excluding carboxylic acids is 1. The third-order valence-corrected chi connectivity index (χ3v) is 2.34. The molecule has 1 amide bonds. The zero-order chi connectivity index (χ0) is 12.1. The molecule has 6 nitrogen and oxygen atoms in total. The largest absolute Gasteiger partial charge is 0.320 e. The number of hydrazine groups is 1. The summed E-state index contributed by atoms with van der Waals surface area (Å²) in [7, 11) is 0. The van der Waals surface area contributed by atoms with Crippen molar-refractivity contribution < 1.29 is 4.79 Å². The number of benzene rings is 1. The van der Waals surface area contributed by atoms with E-state index in [1.54, 1.807) is 18.3 Å². The standard InChI is InChI=1S/C10H12ClN5O/c11-8-3-1-7(2-4-8)5-12-15-10-14-9(17)6-13-16-10/h1-5,10,13,15-16H,6H2,(H,14,17)/b12-5+. The van der Waals surface area contributed by atoms with Crippen molar-refractivity contribution in [2.75, 3.05) is 6.54 Å². The van der Waals surface area contributed by atoms with Gasteiger partial charge in [0.1, 0.15) is 0 Å². The van der Waals surface area contributed by atoms with E-state index in [1.165, 1.54) is 0 Å². The molecule has 1 aliphatic heterocycles. The topological polar surface area (TPSA) is 77.6 Å². The first-order valence-corrected chi connectivity index (χ1v) is 5.44. The number of hydrazone groups is 1. The van der Waals surface area contributed by atoms with Crippen molar-refractivity contribution >= 4 is 23.7 Å². The predicted molar refractivity (Wildman–Crippen MR) is 65.3 cm³/mol. The van der Waals surface area contributed by atoms with Crippen molar-refractivity contribution in [3.05, 3.63) is 34.9 Å². The van der Waals surface area contributed by atoms with Gasteiger partial charge < -0.3 is 5.32 Å². The zero-order valence-corrected chi connectivity index (χ0v) is 9.66. The van der Waals surface area contributed by atoms with E-state index in [0.29, 0.717) is 5.02 Å². The fourth-order valence-corrected chi connectivity index (χ4v) is 1.41. The highest BCUT2D eigenvalue weighted by Crippen LogP contribution is 2.07. The molecule has 0 spiro atoms. The van der Waals surface area contributed by atoms with Gasteiger partial charge in [-0.2, -0.15) is 5.10 Å². The number of carbonyl (C=O) groups is 1. The minimum atomic E-state index is -0.417. The molecule has 1 fully saturated rings. The molecule has 1 aliphatic rings. The maximum Gasteiger partial charge on any atom is 0.238 e. The summed E-state index contributed by atoms with van der Waals surface area (Å²) < 4.78 is 0. The molecule has 0 aliphatic carbocycles. The maximum absolute atomic E-state index is 11.0. The highest BCUT2D eigenvalue weighted by atomic mass is 35.5. The second kappa shape index (κ2) is 5.62. The lowest BCUT2D eigenvalue weighted by atomic mass is 10.2. The molecule has 2 rings (SSSR count). The van der Waals surface area contributed by atoms with Gasteiger partial charge in [0.2, 0.25) is 5.91 Å². The fourth-order valence-electron chi connectivity index (χ4n) is 1.28. The summed E-state index contributed by atoms with van der Waals surface area (Å²) in [5.74, 6) is -0.0945. The molecule has 1 aromatic carbocycles. The van der Waals surface area contributed by atoms with Crippen molar-refractivity contribution in [3.63, 3.8) is 0 Å². The second-order valence-electron chi connectivity index (χ2n) is 3.44. The van der Waals surface area contributed by atoms with Crippen molar-refractivity contribution in [1.82, 2.24) is 21.6 Å². The van der Waals surface area contributed by atoms with E-state index in [0.717, 1.165) is 5.56 Å². The van der Waals surface area contributed by atoms with Gasteiger partial charge in [-0.05, 0) is 17.7 Å². The van der Waals surface area contributed by atoms with E-state index < -0.39 is 6.29 Å². The molecule has 1 atom stereocenters. The van der Waals surface area contributed by atoms with Gasteiger partial charge in [-0.3, -0.25) is 10.2 Å². The Balaban J connectivity index is 1.84. The van der Waals surface area contributed by atoms with Gasteiger partial charge in [0, 0.05) is 5.02 Å². The number of nitrogens with zero attached hydrogens (tertiary/aromatic N) is 1. The highest BCUT2D eigenvalue weighted by molar-refractivity contribution is 6.30. The molecule has 4 N–H and O–H groups in total. The molecule has 90 valence electrons. The lowest BCUT2D eigenvalue weighted by Gasteiger charge is -2.24. The van der Waals surface area contributed by atoms with Gasteiger partial charge in [0.15, 0.2) is 6.29 Å². The average molecular weight is 254 g/mol. The molecule has 1 unspecified atom stereocenters. The summed E-state index contributed by atoms with van der Waals surface area (Å²) in [6.45, 7) is 0.249. The summed E-state index contributed by atoms with van der Waals surface area (Å²) in [6, 6.07) is 7.26. The van der Waals surface area contributed by atoms with Crippen LogP contribution in [0.2, 0.25) is 5.02 Å². The van der Waals surface area contributed by atoms with Crippen LogP contribution in [0.25, 0.3) is 0 Å². The first-order valence-electron chi connectivity index (χ1n) is 5.06. The molecule has 7 heteroatoms. The smallest absolute Gasteiger partial charge is 0.238 e. The molecule has 1 saturated heterocycles. The molecule has 0 saturated carbocycles. The first-order chi connectivity index (χ1) is 8.24. The van der Waals surface area contributed by atoms with Crippen LogP contribution in [0.4, 0.5) is 0 Å². The third-order valence-electron chi connectivity index (χ3n) is 2.09. The molecule has 0 aromatic heterocycles. The van der Waals surface area contributed by atoms with Crippen LogP contribution in [0.1, 0.15) is 5.56 Å². The summed E-state index contributed by atoms with van der Waals surface area (Å²) in [5.41, 5.74) is 9.20. The quantitative estimate of drug-likeness (QED) is 0.443. The Morgan fingerprint density at radius 3 is 2.88 bits per heavy atom. The second-order valence-corrected chi connectivity index (χ2v) is 3.87. The first kappa shape index (κ1) is 11.8. The Morgan fingerprint density at radius 1 is 1.41 bits per heavy atom. The van der Waals surface area contributed by atoms with Gasteiger partial charge in [-0.15, -0.1) is 0 Å². The van der Waals surface area contributed by atoms with Crippen LogP contribution in [-0.2, 0) is 4.79 Å². The molecule has 0 radical (unpaired) electrons. The van der Waals surface area contributed by atoms with Gasteiger partial charge >= 0.3 is 0 Å². The zero-order valence-electron chi connectivity index (χ0n) is 8.90. The van der Waals surface area contributed by atoms with Crippen LogP contribution in [0.15, 0.2) is 29.4 Å². The molecule has 1 heterocycles. The third kappa shape index (κ3) is 3.70. The van der Waals surface area contributed by atoms with Crippen molar-refractivity contribution in [1.29, 1.82) is 0 Å². The van der Waals surface area contributed by atoms with E-state index in [9.17, 15) is 4.79 Å². The number of hydrogen-bond acceptors (Lipinski definition) is 5. The van der Waals surface area contributed by atoms with E-state index in [4.69, 9.17) is 11.6 Å². The van der Waals surface area contributed by atoms with Gasteiger partial charge in [-0.25, -0.2) is 10.9 Å². The minimum Gasteiger partial charge on any atom is -0.320 e. The normalized spacial score (nSPS) is 20.3. The van der Waals surface area contributed by atoms with Crippen molar-refractivity contribution in [2.45, 2.75) is 6.29 Å². The Morgan fingerprint density at radius 2 is 2.18 bits per heavy atom. The average Bonchev–Trinajstić information content (AvgIpc) is 2.32. The number of rotatable bonds is 3. The van der Waals surface area contributed by atoms with Crippen LogP contribution in [-0.4, -0.2) is 25.0 Å². The fraction of sp³-hybridized carbons (Fsp3) is 0.200. The van der Waals surface area contributed by atoms with Crippen LogP contribution < -0.4 is 21.6 Å². The Kier molecular flexibility index (Phi) is 3.92. The van der Waals surface area contributed by atoms with Crippen LogP contribution in [0.3, 0.4) is 0 Å². The van der Waals surface area contributed by atoms with Gasteiger partial charge in [0.25, 0.3) is 0 Å². The summed E-state index contributed by atoms with van der Waals surface area (Å²) >= 11 is 5.76. The van der Waals surface area contributed by atoms with Gasteiger partial charge in [0.05, 0.1) is 12.8 Å². The summed E-state index contributed by atoms with van der Waals surface area (Å²) in [5, 5.41) is 7.33. The highest BCUT2D eigenvalue weighted by Gasteiger charge is 2.14. The minimum absolute atomic E-state index is 0.0945. The number of halogens is 1. The Hall–Kier alpha value is -1.63. The Labute approximate surface area is 103 Å². The van der Waals surface area contributed by atoms with E-state index in [1.807, 2.05) is 12.1 Å². The predicted octanol–water partition coefficient (Wildman–Crippen LogP) is -0.229. The molecular formula is C10H12ClN5O. The summed E-state index contributed by atoms with van der Waals surface area (Å²) in [6.07, 6.45) is 1.22. The van der Waals surface area contributed by atoms with Crippen molar-refractivity contribution in [3.8, 4) is 0 Å². The Bertz CT molecular complexity index is 419. The SMILES string of the molecule is O=C1CNNC(N/N=C/c2ccc(Cl)cc2)N1. The molecule has 17 heavy (non-hydrogen) atoms. The number of amides is 1. The van der Waals surface area contributed by atoms with Crippen molar-refractivity contribution in [2.24, 2.45) is 5.10 Å². The molecule has 0 bridgehead atoms. The van der Waals surface area contributed by atoms with Crippen LogP contribution in [0.5, 0.6) is 0 Å². The number of nitrogens with one attached hydrogen (secondary N) is 4. The lowest BCUT2D eigenvalue weighted by Crippen LogP contribution is -2.64. The summed E-state index contributed by atoms with van der Waals surface area (Å²) in [4.78, 5) is 11.0. The number of hydrogen-bond donors (Lipinski definition) is 4. The lowest BCUT2D eigenvalue weighted by molar-refractivity contribution is -0.123. The van der Waals surface area contributed by atoms with E-state index in [-0.39, 0.29) is 12.5 Å². The van der Waals surface area contributed by atoms with E-state index in [2.05, 4.69) is 26.7 Å². The van der Waals surface area contributed by atoms with Crippen LogP contribution in [0, 0.1) is 0 Å². The van der Waals surface area contributed by atoms with E-state index >= 15 is 0 Å². The molecular weight excluding hydrogens is 242 g/mol. The monoisotopic (exact) mass is 253 g/mol. The van der Waals surface area contributed by atoms with Crippen LogP contribution >= 0.6 is 11.6 Å². The van der Waals surface area contributed by atoms with Gasteiger partial charge in [-0.1, -0.05) is 23.7 Å².